The lowest BCUT2D eigenvalue weighted by molar-refractivity contribution is -0.384. The van der Waals surface area contributed by atoms with Crippen LogP contribution in [0.4, 0.5) is 5.69 Å². The number of fused-ring (bicyclic) bond motifs is 1. The molecule has 4 aromatic rings. The van der Waals surface area contributed by atoms with Crippen molar-refractivity contribution in [2.75, 3.05) is 6.54 Å². The van der Waals surface area contributed by atoms with E-state index in [9.17, 15) is 10.1 Å². The zero-order valence-electron chi connectivity index (χ0n) is 15.6. The first kappa shape index (κ1) is 18.0. The number of rotatable bonds is 5. The summed E-state index contributed by atoms with van der Waals surface area (Å²) in [5, 5.41) is 13.9. The van der Waals surface area contributed by atoms with Gasteiger partial charge in [-0.15, -0.1) is 11.3 Å². The summed E-state index contributed by atoms with van der Waals surface area (Å²) in [6.07, 6.45) is 2.20. The Morgan fingerprint density at radius 1 is 1.21 bits per heavy atom. The van der Waals surface area contributed by atoms with Crippen molar-refractivity contribution in [3.05, 3.63) is 75.5 Å². The molecule has 2 aromatic carbocycles. The summed E-state index contributed by atoms with van der Waals surface area (Å²) in [4.78, 5) is 26.1. The molecule has 5 rings (SSSR count). The number of likely N-dealkylation sites (tertiary alicyclic amines) is 1. The lowest BCUT2D eigenvalue weighted by atomic mass is 10.2. The number of imidazole rings is 1. The van der Waals surface area contributed by atoms with Crippen LogP contribution in [0.25, 0.3) is 21.6 Å². The van der Waals surface area contributed by atoms with Crippen molar-refractivity contribution in [2.45, 2.75) is 25.4 Å². The second-order valence-electron chi connectivity index (χ2n) is 7.22. The number of nitrogens with one attached hydrogen (secondary N) is 1. The maximum absolute atomic E-state index is 11.0. The summed E-state index contributed by atoms with van der Waals surface area (Å²) in [5.41, 5.74) is 3.92. The Hall–Kier alpha value is -3.10. The molecule has 1 aliphatic heterocycles. The average Bonchev–Trinajstić information content (AvgIpc) is 3.47. The van der Waals surface area contributed by atoms with Crippen LogP contribution in [0.2, 0.25) is 0 Å². The molecular formula is C21H19N5O2S. The number of aromatic nitrogens is 3. The van der Waals surface area contributed by atoms with E-state index >= 15 is 0 Å². The van der Waals surface area contributed by atoms with Gasteiger partial charge < -0.3 is 4.98 Å². The summed E-state index contributed by atoms with van der Waals surface area (Å²) in [6, 6.07) is 15.0. The maximum atomic E-state index is 11.0. The van der Waals surface area contributed by atoms with Gasteiger partial charge in [-0.1, -0.05) is 24.3 Å². The van der Waals surface area contributed by atoms with Crippen molar-refractivity contribution in [1.29, 1.82) is 0 Å². The van der Waals surface area contributed by atoms with Gasteiger partial charge in [0.05, 0.1) is 27.7 Å². The molecule has 0 bridgehead atoms. The Kier molecular flexibility index (Phi) is 4.57. The fourth-order valence-corrected chi connectivity index (χ4v) is 4.74. The van der Waals surface area contributed by atoms with E-state index in [0.717, 1.165) is 59.1 Å². The third kappa shape index (κ3) is 3.52. The molecule has 0 spiro atoms. The van der Waals surface area contributed by atoms with Gasteiger partial charge in [0.25, 0.3) is 5.69 Å². The van der Waals surface area contributed by atoms with Crippen LogP contribution < -0.4 is 0 Å². The van der Waals surface area contributed by atoms with Crippen molar-refractivity contribution >= 4 is 28.1 Å². The summed E-state index contributed by atoms with van der Waals surface area (Å²) >= 11 is 1.52. The zero-order valence-corrected chi connectivity index (χ0v) is 16.4. The number of nitro groups is 1. The molecule has 1 N–H and O–H groups in total. The molecule has 0 unspecified atom stereocenters. The van der Waals surface area contributed by atoms with Crippen LogP contribution in [0.15, 0.2) is 53.9 Å². The lowest BCUT2D eigenvalue weighted by Crippen LogP contribution is -2.23. The summed E-state index contributed by atoms with van der Waals surface area (Å²) in [6.45, 7) is 1.75. The van der Waals surface area contributed by atoms with Crippen molar-refractivity contribution in [3.8, 4) is 10.6 Å². The highest BCUT2D eigenvalue weighted by Gasteiger charge is 2.29. The van der Waals surface area contributed by atoms with Crippen molar-refractivity contribution in [2.24, 2.45) is 0 Å². The number of hydrogen-bond donors (Lipinski definition) is 1. The topological polar surface area (TPSA) is 87.9 Å². The largest absolute Gasteiger partial charge is 0.341 e. The zero-order chi connectivity index (χ0) is 19.8. The number of non-ortho nitro benzene ring substituents is 1. The van der Waals surface area contributed by atoms with Crippen LogP contribution in [0.3, 0.4) is 0 Å². The Balaban J connectivity index is 1.36. The van der Waals surface area contributed by atoms with Crippen LogP contribution in [0.5, 0.6) is 0 Å². The first-order valence-electron chi connectivity index (χ1n) is 9.55. The molecule has 0 aliphatic carbocycles. The predicted octanol–water partition coefficient (Wildman–Crippen LogP) is 4.93. The van der Waals surface area contributed by atoms with Crippen LogP contribution in [0.1, 0.15) is 30.4 Å². The van der Waals surface area contributed by atoms with E-state index in [1.807, 2.05) is 29.6 Å². The highest BCUT2D eigenvalue weighted by atomic mass is 32.1. The first-order valence-corrected chi connectivity index (χ1v) is 10.4. The SMILES string of the molecule is O=[N+]([O-])c1cccc(-c2nc(CN3CCC[C@H]3c3nc4ccccc4[nH]3)cs2)c1. The molecular weight excluding hydrogens is 386 g/mol. The Morgan fingerprint density at radius 2 is 2.10 bits per heavy atom. The second kappa shape index (κ2) is 7.38. The van der Waals surface area contributed by atoms with Gasteiger partial charge >= 0.3 is 0 Å². The monoisotopic (exact) mass is 405 g/mol. The minimum atomic E-state index is -0.375. The molecule has 29 heavy (non-hydrogen) atoms. The number of nitrogens with zero attached hydrogens (tertiary/aromatic N) is 4. The third-order valence-electron chi connectivity index (χ3n) is 5.31. The molecule has 1 fully saturated rings. The van der Waals surface area contributed by atoms with Gasteiger partial charge in [-0.2, -0.15) is 0 Å². The highest BCUT2D eigenvalue weighted by Crippen LogP contribution is 2.34. The molecule has 146 valence electrons. The van der Waals surface area contributed by atoms with Gasteiger partial charge in [-0.3, -0.25) is 15.0 Å². The van der Waals surface area contributed by atoms with Gasteiger partial charge in [0.1, 0.15) is 10.8 Å². The van der Waals surface area contributed by atoms with E-state index in [2.05, 4.69) is 16.0 Å². The van der Waals surface area contributed by atoms with Gasteiger partial charge in [-0.05, 0) is 31.5 Å². The maximum Gasteiger partial charge on any atom is 0.270 e. The summed E-state index contributed by atoms with van der Waals surface area (Å²) in [5.74, 6) is 1.01. The van der Waals surface area contributed by atoms with Crippen molar-refractivity contribution in [1.82, 2.24) is 19.9 Å². The van der Waals surface area contributed by atoms with Gasteiger partial charge in [-0.25, -0.2) is 9.97 Å². The van der Waals surface area contributed by atoms with Crippen LogP contribution in [-0.4, -0.2) is 31.3 Å². The number of para-hydroxylation sites is 2. The van der Waals surface area contributed by atoms with Crippen LogP contribution >= 0.6 is 11.3 Å². The number of aromatic amines is 1. The van der Waals surface area contributed by atoms with Crippen molar-refractivity contribution in [3.63, 3.8) is 0 Å². The molecule has 1 atom stereocenters. The number of benzene rings is 2. The van der Waals surface area contributed by atoms with Crippen molar-refractivity contribution < 1.29 is 4.92 Å². The number of H-pyrrole nitrogens is 1. The number of nitro benzene ring substituents is 1. The number of hydrogen-bond acceptors (Lipinski definition) is 6. The highest BCUT2D eigenvalue weighted by molar-refractivity contribution is 7.13. The first-order chi connectivity index (χ1) is 14.2. The molecule has 8 heteroatoms. The van der Waals surface area contributed by atoms with Gasteiger partial charge in [0, 0.05) is 29.6 Å². The standard InChI is InChI=1S/C21H19N5O2S/c27-26(28)16-6-3-5-14(11-16)21-22-15(13-29-21)12-25-10-4-9-19(25)20-23-17-7-1-2-8-18(17)24-20/h1-3,5-8,11,13,19H,4,9-10,12H2,(H,23,24)/t19-/m0/s1. The molecule has 0 radical (unpaired) electrons. The normalized spacial score (nSPS) is 17.2. The minimum Gasteiger partial charge on any atom is -0.341 e. The summed E-state index contributed by atoms with van der Waals surface area (Å²) in [7, 11) is 0. The fraction of sp³-hybridized carbons (Fsp3) is 0.238. The Bertz CT molecular complexity index is 1150. The van der Waals surface area contributed by atoms with Gasteiger partial charge in [0.15, 0.2) is 0 Å². The molecule has 1 aliphatic rings. The Morgan fingerprint density at radius 3 is 2.97 bits per heavy atom. The minimum absolute atomic E-state index is 0.0868. The quantitative estimate of drug-likeness (QED) is 0.376. The molecule has 1 saturated heterocycles. The van der Waals surface area contributed by atoms with E-state index in [0.29, 0.717) is 0 Å². The van der Waals surface area contributed by atoms with Gasteiger partial charge in [0.2, 0.25) is 0 Å². The lowest BCUT2D eigenvalue weighted by Gasteiger charge is -2.21. The van der Waals surface area contributed by atoms with E-state index in [1.54, 1.807) is 12.1 Å². The Labute approximate surface area is 171 Å². The number of thiazole rings is 1. The molecule has 2 aromatic heterocycles. The van der Waals surface area contributed by atoms with E-state index in [1.165, 1.54) is 17.4 Å². The molecule has 0 saturated carbocycles. The second-order valence-corrected chi connectivity index (χ2v) is 8.08. The van der Waals surface area contributed by atoms with E-state index < -0.39 is 0 Å². The predicted molar refractivity (Wildman–Crippen MR) is 113 cm³/mol. The van der Waals surface area contributed by atoms with Crippen LogP contribution in [-0.2, 0) is 6.54 Å². The molecule has 3 heterocycles. The average molecular weight is 405 g/mol. The fourth-order valence-electron chi connectivity index (χ4n) is 3.93. The van der Waals surface area contributed by atoms with E-state index in [-0.39, 0.29) is 16.7 Å². The smallest absolute Gasteiger partial charge is 0.270 e. The van der Waals surface area contributed by atoms with Crippen LogP contribution in [0, 0.1) is 10.1 Å². The third-order valence-corrected chi connectivity index (χ3v) is 6.25. The molecule has 0 amide bonds. The summed E-state index contributed by atoms with van der Waals surface area (Å²) < 4.78 is 0. The van der Waals surface area contributed by atoms with E-state index in [4.69, 9.17) is 9.97 Å². The molecule has 7 nitrogen and oxygen atoms in total.